The fourth-order valence-electron chi connectivity index (χ4n) is 2.39. The summed E-state index contributed by atoms with van der Waals surface area (Å²) in [6.07, 6.45) is 1.48. The number of hydrogen-bond donors (Lipinski definition) is 0. The fraction of sp³-hybridized carbons (Fsp3) is 0.286. The number of hydrogen-bond acceptors (Lipinski definition) is 5. The first-order valence-corrected chi connectivity index (χ1v) is 7.60. The Kier molecular flexibility index (Phi) is 3.63. The zero-order chi connectivity index (χ0) is 14.1. The molecule has 1 aromatic carbocycles. The molecule has 0 spiro atoms. The van der Waals surface area contributed by atoms with Gasteiger partial charge >= 0.3 is 0 Å². The highest BCUT2D eigenvalue weighted by atomic mass is 35.5. The molecule has 0 radical (unpaired) electrons. The molecule has 1 atom stereocenters. The number of nitrogens with zero attached hydrogens (tertiary/aromatic N) is 2. The van der Waals surface area contributed by atoms with E-state index in [2.05, 4.69) is 4.98 Å². The lowest BCUT2D eigenvalue weighted by Crippen LogP contribution is -2.44. The number of halogens is 1. The van der Waals surface area contributed by atoms with Crippen LogP contribution in [0.5, 0.6) is 0 Å². The molecule has 6 heteroatoms. The number of carbonyl (C=O) groups is 1. The molecule has 104 valence electrons. The Morgan fingerprint density at radius 1 is 1.40 bits per heavy atom. The molecule has 0 saturated carbocycles. The summed E-state index contributed by atoms with van der Waals surface area (Å²) < 4.78 is 0. The fourth-order valence-corrected chi connectivity index (χ4v) is 3.43. The van der Waals surface area contributed by atoms with Crippen molar-refractivity contribution in [3.8, 4) is 11.3 Å². The molecule has 0 amide bonds. The molecule has 1 aromatic heterocycles. The van der Waals surface area contributed by atoms with Crippen molar-refractivity contribution in [1.82, 2.24) is 4.98 Å². The highest BCUT2D eigenvalue weighted by Crippen LogP contribution is 2.32. The van der Waals surface area contributed by atoms with Gasteiger partial charge in [-0.25, -0.2) is 4.98 Å². The van der Waals surface area contributed by atoms with Crippen molar-refractivity contribution in [2.75, 3.05) is 11.4 Å². The second kappa shape index (κ2) is 5.42. The van der Waals surface area contributed by atoms with E-state index in [1.54, 1.807) is 0 Å². The standard InChI is InChI=1S/C14H13ClN2O2S/c15-10-5-3-9(4-6-10)11-8-20-14(16-11)17-7-1-2-12(17)13(18)19/h3-6,8,12H,1-2,7H2,(H,18,19)/p-1. The summed E-state index contributed by atoms with van der Waals surface area (Å²) in [7, 11) is 0. The highest BCUT2D eigenvalue weighted by molar-refractivity contribution is 7.14. The first kappa shape index (κ1) is 13.4. The predicted octanol–water partition coefficient (Wildman–Crippen LogP) is 2.18. The van der Waals surface area contributed by atoms with E-state index in [1.807, 2.05) is 34.5 Å². The lowest BCUT2D eigenvalue weighted by atomic mass is 10.2. The molecule has 0 N–H and O–H groups in total. The molecule has 2 aromatic rings. The number of thiazole rings is 1. The topological polar surface area (TPSA) is 56.3 Å². The average Bonchev–Trinajstić information content (AvgIpc) is 3.08. The third kappa shape index (κ3) is 2.51. The zero-order valence-electron chi connectivity index (χ0n) is 10.6. The van der Waals surface area contributed by atoms with Crippen LogP contribution in [0.3, 0.4) is 0 Å². The Morgan fingerprint density at radius 2 is 2.15 bits per heavy atom. The van der Waals surface area contributed by atoms with E-state index in [4.69, 9.17) is 11.6 Å². The zero-order valence-corrected chi connectivity index (χ0v) is 12.2. The molecule has 1 saturated heterocycles. The van der Waals surface area contributed by atoms with Crippen LogP contribution in [0.1, 0.15) is 12.8 Å². The summed E-state index contributed by atoms with van der Waals surface area (Å²) in [4.78, 5) is 17.5. The van der Waals surface area contributed by atoms with Gasteiger partial charge in [-0.1, -0.05) is 23.7 Å². The quantitative estimate of drug-likeness (QED) is 0.872. The van der Waals surface area contributed by atoms with Crippen molar-refractivity contribution in [2.45, 2.75) is 18.9 Å². The monoisotopic (exact) mass is 307 g/mol. The maximum Gasteiger partial charge on any atom is 0.186 e. The van der Waals surface area contributed by atoms with E-state index in [0.29, 0.717) is 18.0 Å². The number of rotatable bonds is 3. The minimum absolute atomic E-state index is 0.556. The molecule has 1 aliphatic rings. The van der Waals surface area contributed by atoms with Crippen LogP contribution >= 0.6 is 22.9 Å². The van der Waals surface area contributed by atoms with E-state index in [9.17, 15) is 9.90 Å². The maximum absolute atomic E-state index is 11.1. The van der Waals surface area contributed by atoms with E-state index in [0.717, 1.165) is 22.8 Å². The van der Waals surface area contributed by atoms with Crippen LogP contribution in [0.15, 0.2) is 29.6 Å². The Balaban J connectivity index is 1.86. The highest BCUT2D eigenvalue weighted by Gasteiger charge is 2.27. The summed E-state index contributed by atoms with van der Waals surface area (Å²) in [5.41, 5.74) is 1.81. The van der Waals surface area contributed by atoms with Crippen LogP contribution in [-0.2, 0) is 4.79 Å². The Morgan fingerprint density at radius 3 is 2.85 bits per heavy atom. The number of aromatic nitrogens is 1. The van der Waals surface area contributed by atoms with Crippen molar-refractivity contribution in [1.29, 1.82) is 0 Å². The van der Waals surface area contributed by atoms with E-state index in [1.165, 1.54) is 11.3 Å². The van der Waals surface area contributed by atoms with Crippen molar-refractivity contribution in [3.63, 3.8) is 0 Å². The molecule has 1 fully saturated rings. The van der Waals surface area contributed by atoms with Crippen molar-refractivity contribution in [3.05, 3.63) is 34.7 Å². The van der Waals surface area contributed by atoms with Gasteiger partial charge in [0.1, 0.15) is 0 Å². The summed E-state index contributed by atoms with van der Waals surface area (Å²) in [5, 5.41) is 14.5. The lowest BCUT2D eigenvalue weighted by molar-refractivity contribution is -0.307. The molecular weight excluding hydrogens is 296 g/mol. The summed E-state index contributed by atoms with van der Waals surface area (Å²) >= 11 is 7.32. The van der Waals surface area contributed by atoms with Crippen LogP contribution in [0.2, 0.25) is 5.02 Å². The SMILES string of the molecule is O=C([O-])C1CCCN1c1nc(-c2ccc(Cl)cc2)cs1. The summed E-state index contributed by atoms with van der Waals surface area (Å²) in [6.45, 7) is 0.715. The van der Waals surface area contributed by atoms with E-state index >= 15 is 0 Å². The van der Waals surface area contributed by atoms with Crippen LogP contribution < -0.4 is 10.0 Å². The number of carboxylic acids is 1. The van der Waals surface area contributed by atoms with Crippen LogP contribution in [0.25, 0.3) is 11.3 Å². The maximum atomic E-state index is 11.1. The molecule has 1 unspecified atom stereocenters. The Labute approximate surface area is 125 Å². The smallest absolute Gasteiger partial charge is 0.186 e. The second-order valence-electron chi connectivity index (χ2n) is 4.69. The number of carboxylic acid groups (broad SMARTS) is 1. The minimum Gasteiger partial charge on any atom is -0.548 e. The molecule has 1 aliphatic heterocycles. The molecular formula is C14H12ClN2O2S-. The van der Waals surface area contributed by atoms with Gasteiger partial charge in [0.15, 0.2) is 5.13 Å². The average molecular weight is 308 g/mol. The van der Waals surface area contributed by atoms with Crippen molar-refractivity contribution < 1.29 is 9.90 Å². The van der Waals surface area contributed by atoms with Crippen LogP contribution in [-0.4, -0.2) is 23.5 Å². The van der Waals surface area contributed by atoms with E-state index in [-0.39, 0.29) is 0 Å². The van der Waals surface area contributed by atoms with Crippen molar-refractivity contribution in [2.24, 2.45) is 0 Å². The summed E-state index contributed by atoms with van der Waals surface area (Å²) in [6, 6.07) is 6.88. The number of carbonyl (C=O) groups excluding carboxylic acids is 1. The number of benzene rings is 1. The molecule has 3 rings (SSSR count). The van der Waals surface area contributed by atoms with Gasteiger partial charge in [-0.15, -0.1) is 11.3 Å². The van der Waals surface area contributed by atoms with Crippen molar-refractivity contribution >= 4 is 34.0 Å². The van der Waals surface area contributed by atoms with Gasteiger partial charge in [0.05, 0.1) is 17.7 Å². The van der Waals surface area contributed by atoms with Gasteiger partial charge in [-0.3, -0.25) is 0 Å². The van der Waals surface area contributed by atoms with Gasteiger partial charge < -0.3 is 14.8 Å². The predicted molar refractivity (Wildman–Crippen MR) is 77.9 cm³/mol. The molecule has 2 heterocycles. The van der Waals surface area contributed by atoms with Gasteiger partial charge in [-0.05, 0) is 25.0 Å². The van der Waals surface area contributed by atoms with Gasteiger partial charge in [0.2, 0.25) is 0 Å². The van der Waals surface area contributed by atoms with Gasteiger partial charge in [0.25, 0.3) is 0 Å². The minimum atomic E-state index is -1.02. The van der Waals surface area contributed by atoms with Crippen LogP contribution in [0, 0.1) is 0 Å². The van der Waals surface area contributed by atoms with E-state index < -0.39 is 12.0 Å². The number of anilines is 1. The third-order valence-electron chi connectivity index (χ3n) is 3.40. The number of aliphatic carboxylic acids is 1. The first-order valence-electron chi connectivity index (χ1n) is 6.34. The molecule has 0 bridgehead atoms. The van der Waals surface area contributed by atoms with Gasteiger partial charge in [0, 0.05) is 22.5 Å². The van der Waals surface area contributed by atoms with Gasteiger partial charge in [-0.2, -0.15) is 0 Å². The lowest BCUT2D eigenvalue weighted by Gasteiger charge is -2.24. The Hall–Kier alpha value is -1.59. The third-order valence-corrected chi connectivity index (χ3v) is 4.53. The normalized spacial score (nSPS) is 18.4. The first-order chi connectivity index (χ1) is 9.65. The molecule has 0 aliphatic carbocycles. The molecule has 4 nitrogen and oxygen atoms in total. The largest absolute Gasteiger partial charge is 0.548 e. The Bertz CT molecular complexity index is 626. The molecule has 20 heavy (non-hydrogen) atoms. The van der Waals surface area contributed by atoms with Crippen LogP contribution in [0.4, 0.5) is 5.13 Å². The summed E-state index contributed by atoms with van der Waals surface area (Å²) in [5.74, 6) is -1.02. The second-order valence-corrected chi connectivity index (χ2v) is 5.97.